The highest BCUT2D eigenvalue weighted by Crippen LogP contribution is 2.48. The summed E-state index contributed by atoms with van der Waals surface area (Å²) in [6.45, 7) is 0. The van der Waals surface area contributed by atoms with Gasteiger partial charge in [0, 0.05) is 17.5 Å². The topological polar surface area (TPSA) is 85.7 Å². The average molecular weight is 382 g/mol. The van der Waals surface area contributed by atoms with Gasteiger partial charge in [-0.25, -0.2) is 14.5 Å². The standard InChI is InChI=1S/C22H14N4O3/c27-14-8-9-15-17(11-14)29-22-19(18(15)13-5-2-1-3-6-13)21-24-20(16-7-4-10-28-16)25-26(21)12-23-22/h1-12,18,27H. The Hall–Kier alpha value is -4.13. The Morgan fingerprint density at radius 2 is 1.90 bits per heavy atom. The molecule has 1 aliphatic rings. The number of furan rings is 1. The molecule has 7 heteroatoms. The Morgan fingerprint density at radius 3 is 2.72 bits per heavy atom. The van der Waals surface area contributed by atoms with Crippen molar-refractivity contribution >= 4 is 5.65 Å². The van der Waals surface area contributed by atoms with Gasteiger partial charge in [0.2, 0.25) is 11.7 Å². The minimum Gasteiger partial charge on any atom is -0.508 e. The normalized spacial score (nSPS) is 15.0. The summed E-state index contributed by atoms with van der Waals surface area (Å²) in [6, 6.07) is 18.9. The summed E-state index contributed by atoms with van der Waals surface area (Å²) >= 11 is 0. The van der Waals surface area contributed by atoms with Crippen LogP contribution < -0.4 is 4.74 Å². The number of phenols is 1. The average Bonchev–Trinajstić information content (AvgIpc) is 3.42. The second-order valence-corrected chi connectivity index (χ2v) is 6.81. The molecule has 0 amide bonds. The Bertz CT molecular complexity index is 1340. The lowest BCUT2D eigenvalue weighted by Crippen LogP contribution is -2.14. The molecule has 0 saturated heterocycles. The molecular formula is C22H14N4O3. The molecule has 7 nitrogen and oxygen atoms in total. The predicted molar refractivity (Wildman–Crippen MR) is 104 cm³/mol. The van der Waals surface area contributed by atoms with Gasteiger partial charge in [-0.3, -0.25) is 0 Å². The van der Waals surface area contributed by atoms with Crippen LogP contribution in [0.4, 0.5) is 0 Å². The van der Waals surface area contributed by atoms with Gasteiger partial charge >= 0.3 is 0 Å². The van der Waals surface area contributed by atoms with Crippen LogP contribution in [0.5, 0.6) is 17.4 Å². The van der Waals surface area contributed by atoms with E-state index in [0.29, 0.717) is 28.9 Å². The van der Waals surface area contributed by atoms with E-state index in [1.165, 1.54) is 0 Å². The van der Waals surface area contributed by atoms with Gasteiger partial charge in [0.05, 0.1) is 11.8 Å². The summed E-state index contributed by atoms with van der Waals surface area (Å²) in [5, 5.41) is 14.5. The Morgan fingerprint density at radius 1 is 1.00 bits per heavy atom. The van der Waals surface area contributed by atoms with Gasteiger partial charge in [0.1, 0.15) is 17.8 Å². The van der Waals surface area contributed by atoms with Crippen molar-refractivity contribution in [3.63, 3.8) is 0 Å². The number of aromatic hydroxyl groups is 1. The van der Waals surface area contributed by atoms with Crippen LogP contribution in [0.1, 0.15) is 22.6 Å². The second kappa shape index (κ2) is 5.93. The van der Waals surface area contributed by atoms with E-state index in [9.17, 15) is 5.11 Å². The largest absolute Gasteiger partial charge is 0.508 e. The van der Waals surface area contributed by atoms with Crippen molar-refractivity contribution in [1.82, 2.24) is 19.6 Å². The first-order chi connectivity index (χ1) is 14.3. The fraction of sp³-hybridized carbons (Fsp3) is 0.0455. The van der Waals surface area contributed by atoms with Crippen LogP contribution in [-0.2, 0) is 0 Å². The highest BCUT2D eigenvalue weighted by Gasteiger charge is 2.33. The highest BCUT2D eigenvalue weighted by molar-refractivity contribution is 5.67. The van der Waals surface area contributed by atoms with Crippen LogP contribution in [0.25, 0.3) is 17.2 Å². The second-order valence-electron chi connectivity index (χ2n) is 6.81. The fourth-order valence-corrected chi connectivity index (χ4v) is 3.81. The molecule has 2 aromatic carbocycles. The van der Waals surface area contributed by atoms with E-state index in [-0.39, 0.29) is 11.7 Å². The van der Waals surface area contributed by atoms with Gasteiger partial charge in [-0.05, 0) is 23.8 Å². The first kappa shape index (κ1) is 15.9. The van der Waals surface area contributed by atoms with Gasteiger partial charge < -0.3 is 14.3 Å². The minimum absolute atomic E-state index is 0.141. The Labute approximate surface area is 164 Å². The number of fused-ring (bicyclic) bond motifs is 4. The number of hydrogen-bond acceptors (Lipinski definition) is 6. The van der Waals surface area contributed by atoms with E-state index < -0.39 is 0 Å². The van der Waals surface area contributed by atoms with Gasteiger partial charge in [-0.2, -0.15) is 0 Å². The molecule has 0 radical (unpaired) electrons. The molecule has 6 rings (SSSR count). The van der Waals surface area contributed by atoms with Crippen LogP contribution in [0, 0.1) is 0 Å². The number of rotatable bonds is 2. The molecule has 3 aromatic heterocycles. The summed E-state index contributed by atoms with van der Waals surface area (Å²) in [4.78, 5) is 9.20. The molecule has 1 atom stereocenters. The maximum atomic E-state index is 9.94. The SMILES string of the molecule is Oc1ccc2c(c1)Oc1ncn3nc(-c4ccco4)nc3c1C2c1ccccc1. The maximum Gasteiger partial charge on any atom is 0.228 e. The molecule has 0 spiro atoms. The zero-order valence-corrected chi connectivity index (χ0v) is 15.1. The third kappa shape index (κ3) is 2.41. The van der Waals surface area contributed by atoms with Gasteiger partial charge in [0.15, 0.2) is 11.4 Å². The molecule has 5 aromatic rings. The molecule has 1 unspecified atom stereocenters. The van der Waals surface area contributed by atoms with Gasteiger partial charge in [-0.1, -0.05) is 36.4 Å². The molecule has 29 heavy (non-hydrogen) atoms. The Balaban J connectivity index is 1.64. The zero-order valence-electron chi connectivity index (χ0n) is 15.1. The van der Waals surface area contributed by atoms with Crippen LogP contribution in [0.2, 0.25) is 0 Å². The number of hydrogen-bond donors (Lipinski definition) is 1. The van der Waals surface area contributed by atoms with Crippen molar-refractivity contribution in [3.05, 3.63) is 89.9 Å². The van der Waals surface area contributed by atoms with Crippen LogP contribution in [-0.4, -0.2) is 24.7 Å². The number of ether oxygens (including phenoxy) is 1. The number of benzene rings is 2. The summed E-state index contributed by atoms with van der Waals surface area (Å²) in [6.07, 6.45) is 3.16. The fourth-order valence-electron chi connectivity index (χ4n) is 3.81. The lowest BCUT2D eigenvalue weighted by Gasteiger charge is -2.27. The maximum absolute atomic E-state index is 9.94. The summed E-state index contributed by atoms with van der Waals surface area (Å²) in [7, 11) is 0. The predicted octanol–water partition coefficient (Wildman–Crippen LogP) is 4.38. The third-order valence-corrected chi connectivity index (χ3v) is 5.06. The van der Waals surface area contributed by atoms with Crippen LogP contribution >= 0.6 is 0 Å². The van der Waals surface area contributed by atoms with Crippen LogP contribution in [0.3, 0.4) is 0 Å². The Kier molecular flexibility index (Phi) is 3.25. The van der Waals surface area contributed by atoms with Crippen molar-refractivity contribution in [3.8, 4) is 29.0 Å². The molecule has 140 valence electrons. The molecule has 4 heterocycles. The lowest BCUT2D eigenvalue weighted by molar-refractivity contribution is 0.422. The van der Waals surface area contributed by atoms with E-state index in [4.69, 9.17) is 14.1 Å². The quantitative estimate of drug-likeness (QED) is 0.478. The molecule has 0 fully saturated rings. The first-order valence-electron chi connectivity index (χ1n) is 9.13. The van der Waals surface area contributed by atoms with Crippen molar-refractivity contribution in [2.45, 2.75) is 5.92 Å². The molecule has 0 aliphatic carbocycles. The molecule has 0 bridgehead atoms. The molecule has 0 saturated carbocycles. The summed E-state index contributed by atoms with van der Waals surface area (Å²) in [5.41, 5.74) is 3.47. The smallest absolute Gasteiger partial charge is 0.228 e. The van der Waals surface area contributed by atoms with Crippen molar-refractivity contribution < 1.29 is 14.3 Å². The number of phenolic OH excluding ortho intramolecular Hbond substituents is 1. The van der Waals surface area contributed by atoms with Crippen LogP contribution in [0.15, 0.2) is 77.7 Å². The third-order valence-electron chi connectivity index (χ3n) is 5.06. The monoisotopic (exact) mass is 382 g/mol. The minimum atomic E-state index is -0.166. The van der Waals surface area contributed by atoms with E-state index >= 15 is 0 Å². The highest BCUT2D eigenvalue weighted by atomic mass is 16.5. The van der Waals surface area contributed by atoms with Crippen molar-refractivity contribution in [2.24, 2.45) is 0 Å². The summed E-state index contributed by atoms with van der Waals surface area (Å²) in [5.74, 6) is 2.06. The molecular weight excluding hydrogens is 368 g/mol. The van der Waals surface area contributed by atoms with Crippen molar-refractivity contribution in [1.29, 1.82) is 0 Å². The lowest BCUT2D eigenvalue weighted by atomic mass is 9.84. The van der Waals surface area contributed by atoms with E-state index in [1.54, 1.807) is 35.3 Å². The summed E-state index contributed by atoms with van der Waals surface area (Å²) < 4.78 is 13.1. The number of nitrogens with zero attached hydrogens (tertiary/aromatic N) is 4. The molecule has 1 aliphatic heterocycles. The van der Waals surface area contributed by atoms with E-state index in [2.05, 4.69) is 22.2 Å². The van der Waals surface area contributed by atoms with Gasteiger partial charge in [-0.15, -0.1) is 5.10 Å². The first-order valence-corrected chi connectivity index (χ1v) is 9.13. The van der Waals surface area contributed by atoms with E-state index in [1.807, 2.05) is 30.3 Å². The number of aromatic nitrogens is 4. The molecule has 1 N–H and O–H groups in total. The van der Waals surface area contributed by atoms with E-state index in [0.717, 1.165) is 16.7 Å². The zero-order chi connectivity index (χ0) is 19.4. The van der Waals surface area contributed by atoms with Crippen molar-refractivity contribution in [2.75, 3.05) is 0 Å². The van der Waals surface area contributed by atoms with Gasteiger partial charge in [0.25, 0.3) is 0 Å².